The van der Waals surface area contributed by atoms with Crippen LogP contribution < -0.4 is 0 Å². The first-order valence-electron chi connectivity index (χ1n) is 31.3. The molecular formula is C86H60N6. The summed E-state index contributed by atoms with van der Waals surface area (Å²) in [5.41, 5.74) is 27.2. The van der Waals surface area contributed by atoms with Crippen LogP contribution in [0.4, 0.5) is 0 Å². The summed E-state index contributed by atoms with van der Waals surface area (Å²) in [5.74, 6) is 1.65. The second-order valence-corrected chi connectivity index (χ2v) is 24.0. The molecule has 16 rings (SSSR count). The fraction of sp³-hybridized carbons (Fsp3) is 0.0465. The maximum absolute atomic E-state index is 10.7. The first kappa shape index (κ1) is 55.3. The normalized spacial score (nSPS) is 11.5. The average molecular weight is 1180 g/mol. The van der Waals surface area contributed by atoms with Crippen molar-refractivity contribution in [2.75, 3.05) is 0 Å². The van der Waals surface area contributed by atoms with Crippen molar-refractivity contribution in [3.8, 4) is 118 Å². The van der Waals surface area contributed by atoms with Crippen LogP contribution in [0.15, 0.2) is 291 Å². The molecule has 0 saturated heterocycles. The van der Waals surface area contributed by atoms with Crippen LogP contribution in [0.25, 0.3) is 156 Å². The Kier molecular flexibility index (Phi) is 13.7. The van der Waals surface area contributed by atoms with E-state index in [4.69, 9.17) is 15.0 Å². The number of fused-ring (bicyclic) bond motifs is 6. The summed E-state index contributed by atoms with van der Waals surface area (Å²) in [6.07, 6.45) is 0. The predicted molar refractivity (Wildman–Crippen MR) is 381 cm³/mol. The standard InChI is InChI=1S/C86H60N6/c1-54-21-11-16-30-67(54)60-35-42-79-73(48-60)74-49-61(68-31-17-12-22-55(68)2)36-43-80(74)91(79)78-41-39-64(71-34-20-15-29-66(71)53-87)47-72(78)65-40-46-83(77(52-65)86-89-84(58-25-7-5-8-26-58)88-85(90-86)59-27-9-6-10-28-59)92-81-44-37-62(69-32-18-13-23-56(69)3)50-75(81)76-51-63(38-45-82(76)92)70-33-19-14-24-57(70)4/h5-52H,1-4H3. The molecule has 0 bridgehead atoms. The Morgan fingerprint density at radius 2 is 0.543 bits per heavy atom. The number of hydrogen-bond donors (Lipinski definition) is 0. The van der Waals surface area contributed by atoms with Crippen molar-refractivity contribution in [3.05, 3.63) is 319 Å². The quantitative estimate of drug-likeness (QED) is 0.129. The summed E-state index contributed by atoms with van der Waals surface area (Å²) < 4.78 is 4.85. The van der Waals surface area contributed by atoms with Gasteiger partial charge in [-0.05, 0) is 190 Å². The summed E-state index contributed by atoms with van der Waals surface area (Å²) >= 11 is 0. The van der Waals surface area contributed by atoms with Crippen LogP contribution in [0, 0.1) is 39.0 Å². The average Bonchev–Trinajstić information content (AvgIpc) is 1.57. The van der Waals surface area contributed by atoms with E-state index in [1.54, 1.807) is 0 Å². The Hall–Kier alpha value is -12.0. The second kappa shape index (κ2) is 22.8. The van der Waals surface area contributed by atoms with E-state index in [2.05, 4.69) is 273 Å². The summed E-state index contributed by atoms with van der Waals surface area (Å²) in [5, 5.41) is 15.2. The fourth-order valence-electron chi connectivity index (χ4n) is 13.8. The number of rotatable bonds is 11. The summed E-state index contributed by atoms with van der Waals surface area (Å²) in [7, 11) is 0. The van der Waals surface area contributed by atoms with Gasteiger partial charge in [-0.3, -0.25) is 0 Å². The van der Waals surface area contributed by atoms with Crippen LogP contribution in [-0.2, 0) is 0 Å². The lowest BCUT2D eigenvalue weighted by Gasteiger charge is -2.19. The van der Waals surface area contributed by atoms with E-state index in [0.29, 0.717) is 23.0 Å². The number of aromatic nitrogens is 5. The van der Waals surface area contributed by atoms with E-state index in [1.165, 1.54) is 44.5 Å². The predicted octanol–water partition coefficient (Wildman–Crippen LogP) is 22.2. The molecule has 0 aliphatic carbocycles. The van der Waals surface area contributed by atoms with Gasteiger partial charge in [0.1, 0.15) is 0 Å². The number of aryl methyl sites for hydroxylation is 4. The molecule has 16 aromatic rings. The Labute approximate surface area is 535 Å². The first-order chi connectivity index (χ1) is 45.2. The molecule has 0 spiro atoms. The van der Waals surface area contributed by atoms with Crippen LogP contribution >= 0.6 is 0 Å². The minimum absolute atomic E-state index is 0.523. The van der Waals surface area contributed by atoms with Crippen LogP contribution in [0.1, 0.15) is 27.8 Å². The molecule has 6 heteroatoms. The largest absolute Gasteiger partial charge is 0.309 e. The molecule has 0 fully saturated rings. The van der Waals surface area contributed by atoms with Gasteiger partial charge in [0.05, 0.1) is 45.1 Å². The van der Waals surface area contributed by atoms with Crippen molar-refractivity contribution in [2.24, 2.45) is 0 Å². The molecule has 13 aromatic carbocycles. The second-order valence-electron chi connectivity index (χ2n) is 24.0. The molecule has 0 saturated carbocycles. The minimum Gasteiger partial charge on any atom is -0.309 e. The van der Waals surface area contributed by atoms with Crippen LogP contribution in [0.3, 0.4) is 0 Å². The van der Waals surface area contributed by atoms with E-state index in [0.717, 1.165) is 116 Å². The molecule has 0 atom stereocenters. The molecule has 3 aromatic heterocycles. The zero-order valence-electron chi connectivity index (χ0n) is 51.4. The first-order valence-corrected chi connectivity index (χ1v) is 31.3. The van der Waals surface area contributed by atoms with E-state index in [9.17, 15) is 5.26 Å². The van der Waals surface area contributed by atoms with Gasteiger partial charge in [0, 0.05) is 43.8 Å². The van der Waals surface area contributed by atoms with E-state index in [1.807, 2.05) is 60.7 Å². The number of nitriles is 1. The monoisotopic (exact) mass is 1180 g/mol. The smallest absolute Gasteiger partial charge is 0.166 e. The lowest BCUT2D eigenvalue weighted by Crippen LogP contribution is -2.04. The topological polar surface area (TPSA) is 72.3 Å². The maximum atomic E-state index is 10.7. The van der Waals surface area contributed by atoms with Crippen molar-refractivity contribution in [2.45, 2.75) is 27.7 Å². The lowest BCUT2D eigenvalue weighted by molar-refractivity contribution is 1.06. The highest BCUT2D eigenvalue weighted by molar-refractivity contribution is 6.14. The molecular weight excluding hydrogens is 1120 g/mol. The third kappa shape index (κ3) is 9.63. The molecule has 0 aliphatic rings. The molecule has 0 unspecified atom stereocenters. The number of benzene rings is 13. The Morgan fingerprint density at radius 3 is 0.924 bits per heavy atom. The highest BCUT2D eigenvalue weighted by Gasteiger charge is 2.25. The Bertz CT molecular complexity index is 5380. The number of nitrogens with zero attached hydrogens (tertiary/aromatic N) is 6. The zero-order chi connectivity index (χ0) is 62.0. The zero-order valence-corrected chi connectivity index (χ0v) is 51.4. The van der Waals surface area contributed by atoms with Crippen molar-refractivity contribution in [3.63, 3.8) is 0 Å². The third-order valence-corrected chi connectivity index (χ3v) is 18.4. The third-order valence-electron chi connectivity index (χ3n) is 18.4. The molecule has 92 heavy (non-hydrogen) atoms. The van der Waals surface area contributed by atoms with Gasteiger partial charge in [-0.15, -0.1) is 0 Å². The van der Waals surface area contributed by atoms with E-state index in [-0.39, 0.29) is 0 Å². The van der Waals surface area contributed by atoms with Crippen molar-refractivity contribution in [1.82, 2.24) is 24.1 Å². The van der Waals surface area contributed by atoms with Gasteiger partial charge in [-0.2, -0.15) is 5.26 Å². The lowest BCUT2D eigenvalue weighted by atomic mass is 9.93. The molecule has 0 amide bonds. The highest BCUT2D eigenvalue weighted by Crippen LogP contribution is 2.46. The minimum atomic E-state index is 0.523. The number of hydrogen-bond acceptors (Lipinski definition) is 4. The summed E-state index contributed by atoms with van der Waals surface area (Å²) in [4.78, 5) is 16.3. The van der Waals surface area contributed by atoms with E-state index >= 15 is 0 Å². The van der Waals surface area contributed by atoms with Crippen molar-refractivity contribution < 1.29 is 0 Å². The van der Waals surface area contributed by atoms with Gasteiger partial charge >= 0.3 is 0 Å². The molecule has 6 nitrogen and oxygen atoms in total. The van der Waals surface area contributed by atoms with Gasteiger partial charge in [-0.1, -0.05) is 212 Å². The van der Waals surface area contributed by atoms with Crippen LogP contribution in [0.2, 0.25) is 0 Å². The summed E-state index contributed by atoms with van der Waals surface area (Å²) in [6, 6.07) is 106. The van der Waals surface area contributed by atoms with Gasteiger partial charge in [0.15, 0.2) is 17.5 Å². The Balaban J connectivity index is 1.01. The molecule has 3 heterocycles. The maximum Gasteiger partial charge on any atom is 0.166 e. The summed E-state index contributed by atoms with van der Waals surface area (Å²) in [6.45, 7) is 8.74. The van der Waals surface area contributed by atoms with Gasteiger partial charge < -0.3 is 9.13 Å². The highest BCUT2D eigenvalue weighted by atomic mass is 15.1. The van der Waals surface area contributed by atoms with Gasteiger partial charge in [0.2, 0.25) is 0 Å². The molecule has 0 radical (unpaired) electrons. The van der Waals surface area contributed by atoms with E-state index < -0.39 is 0 Å². The molecule has 434 valence electrons. The van der Waals surface area contributed by atoms with Crippen LogP contribution in [0.5, 0.6) is 0 Å². The van der Waals surface area contributed by atoms with Crippen LogP contribution in [-0.4, -0.2) is 24.1 Å². The Morgan fingerprint density at radius 1 is 0.250 bits per heavy atom. The molecule has 0 aliphatic heterocycles. The van der Waals surface area contributed by atoms with Crippen molar-refractivity contribution >= 4 is 43.6 Å². The van der Waals surface area contributed by atoms with Crippen molar-refractivity contribution in [1.29, 1.82) is 5.26 Å². The SMILES string of the molecule is Cc1ccccc1-c1ccc2c(c1)c1cc(-c3ccccc3C)ccc1n2-c1ccc(-c2ccccc2C#N)cc1-c1ccc(-n2c3ccc(-c4ccccc4C)cc3c3cc(-c4ccccc4C)ccc32)c(-c2nc(-c3ccccc3)nc(-c3ccccc3)n2)c1. The van der Waals surface area contributed by atoms with Gasteiger partial charge in [0.25, 0.3) is 0 Å². The van der Waals surface area contributed by atoms with Gasteiger partial charge in [-0.25, -0.2) is 15.0 Å². The fourth-order valence-corrected chi connectivity index (χ4v) is 13.8. The molecule has 0 N–H and O–H groups in total.